The predicted molar refractivity (Wildman–Crippen MR) is 65.6 cm³/mol. The Balaban J connectivity index is 2.21. The van der Waals surface area contributed by atoms with E-state index in [1.165, 1.54) is 0 Å². The molecule has 2 rings (SSSR count). The molecule has 0 atom stereocenters. The van der Waals surface area contributed by atoms with Gasteiger partial charge in [0.25, 0.3) is 10.2 Å². The third kappa shape index (κ3) is 2.82. The number of nitrogens with zero attached hydrogens (tertiary/aromatic N) is 2. The maximum Gasteiger partial charge on any atom is 0.274 e. The molecular formula is C10H14N4O2S. The van der Waals surface area contributed by atoms with Crippen molar-refractivity contribution < 1.29 is 8.42 Å². The second kappa shape index (κ2) is 4.44. The van der Waals surface area contributed by atoms with Crippen LogP contribution in [0.2, 0.25) is 0 Å². The van der Waals surface area contributed by atoms with E-state index in [-0.39, 0.29) is 6.54 Å². The Morgan fingerprint density at radius 2 is 2.12 bits per heavy atom. The van der Waals surface area contributed by atoms with Crippen LogP contribution < -0.4 is 9.86 Å². The van der Waals surface area contributed by atoms with Crippen LogP contribution in [0.15, 0.2) is 24.3 Å². The smallest absolute Gasteiger partial charge is 0.274 e. The van der Waals surface area contributed by atoms with Crippen molar-refractivity contribution in [3.63, 3.8) is 0 Å². The van der Waals surface area contributed by atoms with Gasteiger partial charge >= 0.3 is 0 Å². The van der Waals surface area contributed by atoms with Gasteiger partial charge in [0.2, 0.25) is 0 Å². The number of aromatic nitrogens is 2. The van der Waals surface area contributed by atoms with E-state index in [4.69, 9.17) is 5.14 Å². The molecule has 0 spiro atoms. The van der Waals surface area contributed by atoms with Gasteiger partial charge in [-0.2, -0.15) is 8.42 Å². The fourth-order valence-electron chi connectivity index (χ4n) is 1.78. The molecule has 1 aromatic carbocycles. The minimum Gasteiger partial charge on any atom is -0.327 e. The number of nitrogens with one attached hydrogen (secondary N) is 1. The largest absolute Gasteiger partial charge is 0.327 e. The molecule has 1 aromatic heterocycles. The highest BCUT2D eigenvalue weighted by atomic mass is 32.2. The van der Waals surface area contributed by atoms with Crippen molar-refractivity contribution in [2.45, 2.75) is 13.5 Å². The van der Waals surface area contributed by atoms with Crippen molar-refractivity contribution in [1.82, 2.24) is 14.3 Å². The first-order valence-corrected chi connectivity index (χ1v) is 6.71. The zero-order valence-electron chi connectivity index (χ0n) is 9.42. The monoisotopic (exact) mass is 254 g/mol. The quantitative estimate of drug-likeness (QED) is 0.813. The molecule has 0 amide bonds. The number of hydrogen-bond donors (Lipinski definition) is 2. The van der Waals surface area contributed by atoms with Crippen LogP contribution in [0.5, 0.6) is 0 Å². The number of imidazole rings is 1. The Hall–Kier alpha value is -1.44. The van der Waals surface area contributed by atoms with E-state index in [0.29, 0.717) is 6.54 Å². The van der Waals surface area contributed by atoms with Gasteiger partial charge in [-0.3, -0.25) is 0 Å². The maximum atomic E-state index is 10.8. The highest BCUT2D eigenvalue weighted by Crippen LogP contribution is 2.14. The summed E-state index contributed by atoms with van der Waals surface area (Å²) < 4.78 is 25.7. The molecule has 0 radical (unpaired) electrons. The topological polar surface area (TPSA) is 90.0 Å². The Morgan fingerprint density at radius 3 is 2.82 bits per heavy atom. The van der Waals surface area contributed by atoms with Crippen molar-refractivity contribution >= 4 is 21.2 Å². The van der Waals surface area contributed by atoms with Crippen LogP contribution in [0.3, 0.4) is 0 Å². The SMILES string of the molecule is Cc1nc2ccccc2n1CCNS(N)(=O)=O. The molecule has 1 heterocycles. The standard InChI is InChI=1S/C10H14N4O2S/c1-8-13-9-4-2-3-5-10(9)14(8)7-6-12-17(11,15)16/h2-5,12H,6-7H2,1H3,(H2,11,15,16). The van der Waals surface area contributed by atoms with Crippen LogP contribution >= 0.6 is 0 Å². The lowest BCUT2D eigenvalue weighted by Crippen LogP contribution is -2.33. The van der Waals surface area contributed by atoms with Gasteiger partial charge in [0.15, 0.2) is 0 Å². The minimum absolute atomic E-state index is 0.250. The zero-order valence-corrected chi connectivity index (χ0v) is 10.2. The van der Waals surface area contributed by atoms with Gasteiger partial charge in [-0.1, -0.05) is 12.1 Å². The molecule has 0 aliphatic heterocycles. The third-order valence-electron chi connectivity index (χ3n) is 2.48. The molecule has 0 aliphatic carbocycles. The molecule has 7 heteroatoms. The fraction of sp³-hybridized carbons (Fsp3) is 0.300. The van der Waals surface area contributed by atoms with Crippen molar-refractivity contribution in [2.75, 3.05) is 6.54 Å². The zero-order chi connectivity index (χ0) is 12.5. The van der Waals surface area contributed by atoms with Crippen LogP contribution in [0.4, 0.5) is 0 Å². The van der Waals surface area contributed by atoms with E-state index in [2.05, 4.69) is 9.71 Å². The van der Waals surface area contributed by atoms with Gasteiger partial charge < -0.3 is 4.57 Å². The second-order valence-corrected chi connectivity index (χ2v) is 5.12. The van der Waals surface area contributed by atoms with Gasteiger partial charge in [0, 0.05) is 13.1 Å². The Morgan fingerprint density at radius 1 is 1.41 bits per heavy atom. The van der Waals surface area contributed by atoms with E-state index in [9.17, 15) is 8.42 Å². The van der Waals surface area contributed by atoms with Crippen molar-refractivity contribution in [1.29, 1.82) is 0 Å². The average molecular weight is 254 g/mol. The van der Waals surface area contributed by atoms with Crippen LogP contribution in [-0.2, 0) is 16.8 Å². The number of aryl methyl sites for hydroxylation is 1. The fourth-order valence-corrected chi connectivity index (χ4v) is 2.15. The molecule has 0 saturated heterocycles. The van der Waals surface area contributed by atoms with Crippen LogP contribution in [0, 0.1) is 6.92 Å². The molecule has 0 aliphatic rings. The number of rotatable bonds is 4. The number of nitrogens with two attached hydrogens (primary N) is 1. The summed E-state index contributed by atoms with van der Waals surface area (Å²) in [6.07, 6.45) is 0. The van der Waals surface area contributed by atoms with Crippen molar-refractivity contribution in [3.05, 3.63) is 30.1 Å². The lowest BCUT2D eigenvalue weighted by molar-refractivity contribution is 0.574. The van der Waals surface area contributed by atoms with Gasteiger partial charge in [-0.15, -0.1) is 0 Å². The molecule has 0 saturated carbocycles. The summed E-state index contributed by atoms with van der Waals surface area (Å²) >= 11 is 0. The average Bonchev–Trinajstić information content (AvgIpc) is 2.54. The Bertz CT molecular complexity index is 633. The molecule has 2 aromatic rings. The molecule has 3 N–H and O–H groups in total. The summed E-state index contributed by atoms with van der Waals surface area (Å²) in [6, 6.07) is 7.72. The predicted octanol–water partition coefficient (Wildman–Crippen LogP) is 0.138. The van der Waals surface area contributed by atoms with E-state index in [1.807, 2.05) is 35.8 Å². The molecule has 0 bridgehead atoms. The lowest BCUT2D eigenvalue weighted by atomic mass is 10.3. The Labute approximate surface area is 99.6 Å². The molecule has 0 fully saturated rings. The highest BCUT2D eigenvalue weighted by molar-refractivity contribution is 7.87. The van der Waals surface area contributed by atoms with Crippen LogP contribution in [0.25, 0.3) is 11.0 Å². The van der Waals surface area contributed by atoms with E-state index in [0.717, 1.165) is 16.9 Å². The first kappa shape index (κ1) is 12.0. The second-order valence-electron chi connectivity index (χ2n) is 3.74. The number of hydrogen-bond acceptors (Lipinski definition) is 3. The summed E-state index contributed by atoms with van der Waals surface area (Å²) in [6.45, 7) is 2.64. The maximum absolute atomic E-state index is 10.8. The molecule has 0 unspecified atom stereocenters. The summed E-state index contributed by atoms with van der Waals surface area (Å²) in [5.74, 6) is 0.849. The van der Waals surface area contributed by atoms with Crippen molar-refractivity contribution in [2.24, 2.45) is 5.14 Å². The van der Waals surface area contributed by atoms with Gasteiger partial charge in [0.05, 0.1) is 11.0 Å². The molecule has 6 nitrogen and oxygen atoms in total. The summed E-state index contributed by atoms with van der Waals surface area (Å²) in [7, 11) is -3.63. The molecular weight excluding hydrogens is 240 g/mol. The summed E-state index contributed by atoms with van der Waals surface area (Å²) in [5, 5.41) is 4.86. The molecule has 17 heavy (non-hydrogen) atoms. The third-order valence-corrected chi connectivity index (χ3v) is 3.09. The number of para-hydroxylation sites is 2. The molecule has 92 valence electrons. The normalized spacial score (nSPS) is 12.1. The van der Waals surface area contributed by atoms with E-state index in [1.54, 1.807) is 0 Å². The van der Waals surface area contributed by atoms with Gasteiger partial charge in [-0.05, 0) is 19.1 Å². The summed E-state index contributed by atoms with van der Waals surface area (Å²) in [4.78, 5) is 4.38. The number of fused-ring (bicyclic) bond motifs is 1. The number of benzene rings is 1. The highest BCUT2D eigenvalue weighted by Gasteiger charge is 2.07. The minimum atomic E-state index is -3.63. The van der Waals surface area contributed by atoms with Gasteiger partial charge in [-0.25, -0.2) is 14.8 Å². The first-order chi connectivity index (χ1) is 7.97. The van der Waals surface area contributed by atoms with E-state index < -0.39 is 10.2 Å². The van der Waals surface area contributed by atoms with Gasteiger partial charge in [0.1, 0.15) is 5.82 Å². The Kier molecular flexibility index (Phi) is 3.14. The van der Waals surface area contributed by atoms with Crippen LogP contribution in [-0.4, -0.2) is 24.5 Å². The van der Waals surface area contributed by atoms with Crippen LogP contribution in [0.1, 0.15) is 5.82 Å². The summed E-state index contributed by atoms with van der Waals surface area (Å²) in [5.41, 5.74) is 1.89. The van der Waals surface area contributed by atoms with Crippen molar-refractivity contribution in [3.8, 4) is 0 Å². The first-order valence-electron chi connectivity index (χ1n) is 5.16. The lowest BCUT2D eigenvalue weighted by Gasteiger charge is -2.06. The van der Waals surface area contributed by atoms with E-state index >= 15 is 0 Å².